The predicted octanol–water partition coefficient (Wildman–Crippen LogP) is 3.07. The van der Waals surface area contributed by atoms with Crippen LogP contribution in [0.25, 0.3) is 0 Å². The van der Waals surface area contributed by atoms with E-state index in [-0.39, 0.29) is 6.10 Å². The summed E-state index contributed by atoms with van der Waals surface area (Å²) >= 11 is 0. The summed E-state index contributed by atoms with van der Waals surface area (Å²) in [5.41, 5.74) is -0.651. The first-order valence-corrected chi connectivity index (χ1v) is 10.2. The lowest BCUT2D eigenvalue weighted by molar-refractivity contribution is -0.138. The largest absolute Gasteiger partial charge is 0.490 e. The van der Waals surface area contributed by atoms with Crippen LogP contribution >= 0.6 is 0 Å². The Kier molecular flexibility index (Phi) is 8.68. The third-order valence-electron chi connectivity index (χ3n) is 5.75. The number of rotatable bonds is 5. The molecule has 1 saturated carbocycles. The van der Waals surface area contributed by atoms with E-state index in [1.165, 1.54) is 6.07 Å². The first-order chi connectivity index (χ1) is 14.9. The molecule has 2 aliphatic rings. The molecule has 3 rings (SSSR count). The average molecular weight is 458 g/mol. The Morgan fingerprint density at radius 2 is 1.75 bits per heavy atom. The van der Waals surface area contributed by atoms with Crippen molar-refractivity contribution in [1.29, 1.82) is 0 Å². The van der Waals surface area contributed by atoms with Crippen molar-refractivity contribution >= 4 is 11.9 Å². The van der Waals surface area contributed by atoms with Crippen molar-refractivity contribution in [2.45, 2.75) is 31.2 Å². The molecule has 1 saturated heterocycles. The molecule has 1 aromatic carbocycles. The molecule has 4 unspecified atom stereocenters. The lowest BCUT2D eigenvalue weighted by Crippen LogP contribution is -2.60. The van der Waals surface area contributed by atoms with Gasteiger partial charge in [-0.15, -0.1) is 0 Å². The van der Waals surface area contributed by atoms with Crippen molar-refractivity contribution in [3.05, 3.63) is 42.0 Å². The summed E-state index contributed by atoms with van der Waals surface area (Å²) in [6.07, 6.45) is -1.07. The van der Waals surface area contributed by atoms with E-state index in [1.54, 1.807) is 6.07 Å². The Morgan fingerprint density at radius 1 is 1.12 bits per heavy atom. The van der Waals surface area contributed by atoms with Crippen LogP contribution in [0, 0.1) is 11.8 Å². The minimum atomic E-state index is -4.34. The third kappa shape index (κ3) is 7.23. The number of benzene rings is 1. The Hall–Kier alpha value is -2.59. The van der Waals surface area contributed by atoms with Crippen LogP contribution in [-0.2, 0) is 15.8 Å². The van der Waals surface area contributed by atoms with Gasteiger partial charge in [-0.1, -0.05) is 6.07 Å². The first-order valence-electron chi connectivity index (χ1n) is 10.2. The molecule has 0 amide bonds. The van der Waals surface area contributed by atoms with Crippen molar-refractivity contribution in [3.63, 3.8) is 0 Å². The van der Waals surface area contributed by atoms with E-state index in [2.05, 4.69) is 30.9 Å². The molecule has 4 atom stereocenters. The molecule has 1 aliphatic heterocycles. The van der Waals surface area contributed by atoms with Gasteiger partial charge < -0.3 is 24.7 Å². The van der Waals surface area contributed by atoms with Gasteiger partial charge in [0.1, 0.15) is 11.9 Å². The maximum atomic E-state index is 12.9. The zero-order chi connectivity index (χ0) is 24.1. The number of hydrogen-bond acceptors (Lipinski definition) is 5. The Labute approximate surface area is 185 Å². The fourth-order valence-electron chi connectivity index (χ4n) is 4.46. The molecule has 0 radical (unpaired) electrons. The molecular formula is C22H29F3N2O5. The van der Waals surface area contributed by atoms with Crippen molar-refractivity contribution in [2.24, 2.45) is 11.8 Å². The molecule has 2 bridgehead atoms. The van der Waals surface area contributed by atoms with E-state index in [0.29, 0.717) is 35.8 Å². The minimum absolute atomic E-state index is 0.0224. The molecule has 2 N–H and O–H groups in total. The van der Waals surface area contributed by atoms with E-state index in [9.17, 15) is 22.8 Å². The Morgan fingerprint density at radius 3 is 2.28 bits per heavy atom. The second-order valence-corrected chi connectivity index (χ2v) is 8.37. The van der Waals surface area contributed by atoms with Crippen LogP contribution in [0.5, 0.6) is 5.75 Å². The van der Waals surface area contributed by atoms with Crippen LogP contribution in [0.1, 0.15) is 18.4 Å². The molecule has 1 aromatic rings. The number of carboxylic acids is 2. The molecule has 2 fully saturated rings. The SMILES string of the molecule is CN1CC2CCC(N(C)C)C(C1)C2Oc1cccc(C(F)(F)F)c1.O=C(O)/C=C/C(=O)O. The van der Waals surface area contributed by atoms with E-state index in [0.717, 1.165) is 38.1 Å². The summed E-state index contributed by atoms with van der Waals surface area (Å²) < 4.78 is 44.9. The standard InChI is InChI=1S/C18H25F3N2O.C4H4O4/c1-22(2)16-8-7-12-10-23(3)11-15(16)17(12)24-14-6-4-5-13(9-14)18(19,20)21;5-3(6)1-2-4(7)8/h4-6,9,12,15-17H,7-8,10-11H2,1-3H3;1-2H,(H,5,6)(H,7,8)/b;2-1+. The van der Waals surface area contributed by atoms with E-state index >= 15 is 0 Å². The molecule has 0 spiro atoms. The highest BCUT2D eigenvalue weighted by atomic mass is 19.4. The Balaban J connectivity index is 0.000000390. The van der Waals surface area contributed by atoms with Gasteiger partial charge in [-0.05, 0) is 52.2 Å². The number of carbonyl (C=O) groups is 2. The van der Waals surface area contributed by atoms with Crippen LogP contribution in [0.4, 0.5) is 13.2 Å². The maximum Gasteiger partial charge on any atom is 0.416 e. The summed E-state index contributed by atoms with van der Waals surface area (Å²) in [5, 5.41) is 15.6. The van der Waals surface area contributed by atoms with Gasteiger partial charge in [0.15, 0.2) is 0 Å². The zero-order valence-corrected chi connectivity index (χ0v) is 18.2. The zero-order valence-electron chi connectivity index (χ0n) is 18.2. The van der Waals surface area contributed by atoms with Crippen molar-refractivity contribution in [1.82, 2.24) is 9.80 Å². The molecular weight excluding hydrogens is 429 g/mol. The van der Waals surface area contributed by atoms with Crippen LogP contribution in [-0.4, -0.2) is 78.3 Å². The predicted molar refractivity (Wildman–Crippen MR) is 111 cm³/mol. The number of nitrogens with zero attached hydrogens (tertiary/aromatic N) is 2. The highest BCUT2D eigenvalue weighted by Gasteiger charge is 2.46. The third-order valence-corrected chi connectivity index (χ3v) is 5.75. The number of likely N-dealkylation sites (tertiary alicyclic amines) is 1. The fraction of sp³-hybridized carbons (Fsp3) is 0.545. The highest BCUT2D eigenvalue weighted by molar-refractivity contribution is 5.89. The van der Waals surface area contributed by atoms with Gasteiger partial charge in [0.2, 0.25) is 0 Å². The number of aliphatic carboxylic acids is 2. The van der Waals surface area contributed by atoms with E-state index in [4.69, 9.17) is 14.9 Å². The monoisotopic (exact) mass is 458 g/mol. The van der Waals surface area contributed by atoms with Gasteiger partial charge >= 0.3 is 18.1 Å². The second kappa shape index (κ2) is 10.8. The Bertz CT molecular complexity index is 812. The summed E-state index contributed by atoms with van der Waals surface area (Å²) in [4.78, 5) is 23.6. The van der Waals surface area contributed by atoms with Crippen LogP contribution < -0.4 is 4.74 Å². The molecule has 1 heterocycles. The average Bonchev–Trinajstić information content (AvgIpc) is 2.67. The highest BCUT2D eigenvalue weighted by Crippen LogP contribution is 2.39. The number of carboxylic acid groups (broad SMARTS) is 2. The van der Waals surface area contributed by atoms with Crippen LogP contribution in [0.15, 0.2) is 36.4 Å². The van der Waals surface area contributed by atoms with Gasteiger partial charge in [-0.2, -0.15) is 13.2 Å². The number of piperidine rings is 1. The number of hydrogen-bond donors (Lipinski definition) is 2. The van der Waals surface area contributed by atoms with Gasteiger partial charge in [-0.25, -0.2) is 9.59 Å². The molecule has 10 heteroatoms. The smallest absolute Gasteiger partial charge is 0.416 e. The van der Waals surface area contributed by atoms with Gasteiger partial charge in [0.05, 0.1) is 5.56 Å². The quantitative estimate of drug-likeness (QED) is 0.656. The number of halogens is 3. The molecule has 32 heavy (non-hydrogen) atoms. The summed E-state index contributed by atoms with van der Waals surface area (Å²) in [6, 6.07) is 5.67. The normalized spacial score (nSPS) is 25.8. The second-order valence-electron chi connectivity index (χ2n) is 8.37. The van der Waals surface area contributed by atoms with Gasteiger partial charge in [-0.3, -0.25) is 0 Å². The molecule has 7 nitrogen and oxygen atoms in total. The lowest BCUT2D eigenvalue weighted by atomic mass is 9.72. The van der Waals surface area contributed by atoms with E-state index < -0.39 is 23.7 Å². The number of ether oxygens (including phenoxy) is 1. The first kappa shape index (κ1) is 25.7. The number of fused-ring (bicyclic) bond motifs is 2. The van der Waals surface area contributed by atoms with Crippen LogP contribution in [0.3, 0.4) is 0 Å². The summed E-state index contributed by atoms with van der Waals surface area (Å²) in [7, 11) is 6.25. The van der Waals surface area contributed by atoms with Gasteiger partial charge in [0.25, 0.3) is 0 Å². The van der Waals surface area contributed by atoms with Crippen molar-refractivity contribution in [3.8, 4) is 5.75 Å². The topological polar surface area (TPSA) is 90.3 Å². The minimum Gasteiger partial charge on any atom is -0.490 e. The number of alkyl halides is 3. The summed E-state index contributed by atoms with van der Waals surface area (Å²) in [5.74, 6) is -1.50. The van der Waals surface area contributed by atoms with Gasteiger partial charge in [0, 0.05) is 43.1 Å². The molecule has 1 aliphatic carbocycles. The van der Waals surface area contributed by atoms with Crippen molar-refractivity contribution < 1.29 is 37.7 Å². The molecule has 178 valence electrons. The fourth-order valence-corrected chi connectivity index (χ4v) is 4.46. The van der Waals surface area contributed by atoms with Crippen LogP contribution in [0.2, 0.25) is 0 Å². The van der Waals surface area contributed by atoms with Crippen molar-refractivity contribution in [2.75, 3.05) is 34.2 Å². The maximum absolute atomic E-state index is 12.9. The summed E-state index contributed by atoms with van der Waals surface area (Å²) in [6.45, 7) is 1.86. The molecule has 0 aromatic heterocycles. The lowest BCUT2D eigenvalue weighted by Gasteiger charge is -2.51. The van der Waals surface area contributed by atoms with E-state index in [1.807, 2.05) is 0 Å².